The normalized spacial score (nSPS) is 20.4. The average molecular weight is 620 g/mol. The molecule has 0 aliphatic heterocycles. The van der Waals surface area contributed by atoms with Crippen LogP contribution in [-0.2, 0) is 16.0 Å². The van der Waals surface area contributed by atoms with Crippen LogP contribution >= 0.6 is 11.8 Å². The Labute approximate surface area is 264 Å². The van der Waals surface area contributed by atoms with E-state index in [4.69, 9.17) is 0 Å². The summed E-state index contributed by atoms with van der Waals surface area (Å²) in [6.45, 7) is 8.00. The first-order valence-corrected chi connectivity index (χ1v) is 16.3. The average Bonchev–Trinajstić information content (AvgIpc) is 3.34. The van der Waals surface area contributed by atoms with Crippen LogP contribution in [0.15, 0.2) is 77.7 Å². The second kappa shape index (κ2) is 14.9. The molecule has 0 bridgehead atoms. The van der Waals surface area contributed by atoms with Crippen LogP contribution in [0.25, 0.3) is 10.8 Å². The van der Waals surface area contributed by atoms with Crippen molar-refractivity contribution in [2.75, 3.05) is 5.75 Å². The quantitative estimate of drug-likeness (QED) is 0.167. The van der Waals surface area contributed by atoms with Crippen LogP contribution in [0.2, 0.25) is 0 Å². The van der Waals surface area contributed by atoms with Crippen molar-refractivity contribution in [3.05, 3.63) is 78.4 Å². The number of hydrogen-bond donors (Lipinski definition) is 5. The Balaban J connectivity index is 1.49. The van der Waals surface area contributed by atoms with Gasteiger partial charge in [-0.3, -0.25) is 9.59 Å². The molecule has 1 fully saturated rings. The topological polar surface area (TPSA) is 128 Å². The fourth-order valence-corrected chi connectivity index (χ4v) is 7.09. The number of carbonyl (C=O) groups is 3. The van der Waals surface area contributed by atoms with Crippen molar-refractivity contribution in [1.82, 2.24) is 16.0 Å². The molecule has 236 valence electrons. The summed E-state index contributed by atoms with van der Waals surface area (Å²) in [4.78, 5) is 39.4. The van der Waals surface area contributed by atoms with Gasteiger partial charge in [-0.25, -0.2) is 4.79 Å². The molecule has 0 heterocycles. The highest BCUT2D eigenvalue weighted by Crippen LogP contribution is 2.40. The van der Waals surface area contributed by atoms with Crippen LogP contribution in [0.3, 0.4) is 0 Å². The van der Waals surface area contributed by atoms with Crippen LogP contribution in [0.4, 0.5) is 4.79 Å². The fourth-order valence-electron chi connectivity index (χ4n) is 6.12. The summed E-state index contributed by atoms with van der Waals surface area (Å²) in [5, 5.41) is 31.7. The molecule has 6 atom stereocenters. The van der Waals surface area contributed by atoms with E-state index in [0.29, 0.717) is 18.8 Å². The summed E-state index contributed by atoms with van der Waals surface area (Å²) in [7, 11) is 0. The summed E-state index contributed by atoms with van der Waals surface area (Å²) in [6, 6.07) is 21.8. The smallest absolute Gasteiger partial charge is 0.405 e. The lowest BCUT2D eigenvalue weighted by Gasteiger charge is -2.31. The van der Waals surface area contributed by atoms with E-state index in [-0.39, 0.29) is 29.0 Å². The van der Waals surface area contributed by atoms with E-state index < -0.39 is 30.2 Å². The molecule has 4 rings (SSSR count). The van der Waals surface area contributed by atoms with E-state index in [9.17, 15) is 24.6 Å². The molecular weight excluding hydrogens is 574 g/mol. The Morgan fingerprint density at radius 2 is 1.61 bits per heavy atom. The van der Waals surface area contributed by atoms with Crippen molar-refractivity contribution in [1.29, 1.82) is 0 Å². The predicted molar refractivity (Wildman–Crippen MR) is 176 cm³/mol. The number of fused-ring (bicyclic) bond motifs is 1. The third kappa shape index (κ3) is 9.72. The summed E-state index contributed by atoms with van der Waals surface area (Å²) in [5.41, 5.74) is 0.583. The number of thioether (sulfide) groups is 1. The van der Waals surface area contributed by atoms with Crippen LogP contribution < -0.4 is 16.0 Å². The van der Waals surface area contributed by atoms with Gasteiger partial charge in [0.2, 0.25) is 11.8 Å². The van der Waals surface area contributed by atoms with Crippen LogP contribution in [0.1, 0.15) is 52.5 Å². The first kappa shape index (κ1) is 33.3. The molecule has 8 nitrogen and oxygen atoms in total. The Hall–Kier alpha value is -3.56. The van der Waals surface area contributed by atoms with Gasteiger partial charge in [0.25, 0.3) is 0 Å². The molecule has 1 aliphatic carbocycles. The molecule has 1 aliphatic rings. The fraction of sp³-hybridized carbons (Fsp3) is 0.457. The summed E-state index contributed by atoms with van der Waals surface area (Å²) >= 11 is 1.39. The lowest BCUT2D eigenvalue weighted by atomic mass is 9.86. The molecule has 0 saturated heterocycles. The van der Waals surface area contributed by atoms with Crippen molar-refractivity contribution in [3.8, 4) is 0 Å². The number of carboxylic acid groups (broad SMARTS) is 1. The van der Waals surface area contributed by atoms with Gasteiger partial charge in [-0.15, -0.1) is 11.8 Å². The molecule has 9 heteroatoms. The molecule has 5 N–H and O–H groups in total. The van der Waals surface area contributed by atoms with E-state index in [1.165, 1.54) is 11.8 Å². The Morgan fingerprint density at radius 3 is 2.30 bits per heavy atom. The highest BCUT2D eigenvalue weighted by molar-refractivity contribution is 7.99. The van der Waals surface area contributed by atoms with Gasteiger partial charge in [-0.05, 0) is 86.8 Å². The van der Waals surface area contributed by atoms with Gasteiger partial charge in [0, 0.05) is 22.1 Å². The summed E-state index contributed by atoms with van der Waals surface area (Å²) in [6.07, 6.45) is 0.0671. The zero-order valence-corrected chi connectivity index (χ0v) is 26.8. The molecule has 0 spiro atoms. The van der Waals surface area contributed by atoms with E-state index in [1.54, 1.807) is 0 Å². The van der Waals surface area contributed by atoms with Crippen LogP contribution in [0.5, 0.6) is 0 Å². The number of carbonyl (C=O) groups excluding carboxylic acids is 2. The van der Waals surface area contributed by atoms with Crippen molar-refractivity contribution >= 4 is 40.4 Å². The largest absolute Gasteiger partial charge is 0.465 e. The first-order chi connectivity index (χ1) is 20.9. The van der Waals surface area contributed by atoms with Gasteiger partial charge in [0.05, 0.1) is 12.1 Å². The van der Waals surface area contributed by atoms with Crippen molar-refractivity contribution in [2.45, 2.75) is 82.0 Å². The van der Waals surface area contributed by atoms with Crippen LogP contribution in [-0.4, -0.2) is 57.6 Å². The number of rotatable bonds is 12. The maximum absolute atomic E-state index is 13.6. The third-order valence-electron chi connectivity index (χ3n) is 8.15. The number of aliphatic hydroxyl groups excluding tert-OH is 1. The number of hydrogen-bond acceptors (Lipinski definition) is 5. The molecule has 3 aromatic carbocycles. The molecule has 6 unspecified atom stereocenters. The first-order valence-electron chi connectivity index (χ1n) is 15.3. The van der Waals surface area contributed by atoms with Gasteiger partial charge in [0.1, 0.15) is 6.04 Å². The number of aliphatic hydroxyl groups is 1. The minimum absolute atomic E-state index is 0.000803. The second-order valence-electron chi connectivity index (χ2n) is 13.1. The van der Waals surface area contributed by atoms with Crippen LogP contribution in [0, 0.1) is 17.8 Å². The summed E-state index contributed by atoms with van der Waals surface area (Å²) < 4.78 is 0. The zero-order valence-electron chi connectivity index (χ0n) is 26.0. The highest BCUT2D eigenvalue weighted by atomic mass is 32.2. The SMILES string of the molecule is CC1CC(CC(O)C(Cc2ccccc2)NC(=O)C(CSc2ccc3ccccc3c2)NC(=O)O)C(C(=O)NC(C)(C)C)C1. The van der Waals surface area contributed by atoms with Gasteiger partial charge < -0.3 is 26.2 Å². The zero-order chi connectivity index (χ0) is 31.9. The number of amides is 3. The monoisotopic (exact) mass is 619 g/mol. The predicted octanol–water partition coefficient (Wildman–Crippen LogP) is 5.62. The van der Waals surface area contributed by atoms with Gasteiger partial charge in [-0.1, -0.05) is 67.6 Å². The number of benzene rings is 3. The van der Waals surface area contributed by atoms with E-state index in [2.05, 4.69) is 22.9 Å². The lowest BCUT2D eigenvalue weighted by Crippen LogP contribution is -2.54. The maximum atomic E-state index is 13.6. The molecule has 3 amide bonds. The van der Waals surface area contributed by atoms with Crippen molar-refractivity contribution in [3.63, 3.8) is 0 Å². The summed E-state index contributed by atoms with van der Waals surface area (Å²) in [5.74, 6) is -0.219. The van der Waals surface area contributed by atoms with Crippen molar-refractivity contribution < 1.29 is 24.6 Å². The van der Waals surface area contributed by atoms with Gasteiger partial charge >= 0.3 is 6.09 Å². The maximum Gasteiger partial charge on any atom is 0.405 e. The minimum atomic E-state index is -1.29. The molecule has 44 heavy (non-hydrogen) atoms. The lowest BCUT2D eigenvalue weighted by molar-refractivity contribution is -0.128. The Bertz CT molecular complexity index is 1430. The number of nitrogens with one attached hydrogen (secondary N) is 3. The highest BCUT2D eigenvalue weighted by Gasteiger charge is 2.40. The molecule has 1 saturated carbocycles. The van der Waals surface area contributed by atoms with Gasteiger partial charge in [0.15, 0.2) is 0 Å². The molecule has 0 radical (unpaired) electrons. The Kier molecular flexibility index (Phi) is 11.3. The van der Waals surface area contributed by atoms with Crippen molar-refractivity contribution in [2.24, 2.45) is 17.8 Å². The second-order valence-corrected chi connectivity index (χ2v) is 14.2. The standard InChI is InChI=1S/C35H45N3O5S/c1-22-16-26(28(17-22)32(40)38-35(2,3)4)20-31(39)29(18-23-10-6-5-7-11-23)36-33(41)30(37-34(42)43)21-44-27-15-14-24-12-8-9-13-25(24)19-27/h5-15,19,22,26,28-31,37,39H,16-18,20-21H2,1-4H3,(H,36,41)(H,38,40)(H,42,43). The van der Waals surface area contributed by atoms with E-state index >= 15 is 0 Å². The Morgan fingerprint density at radius 1 is 0.932 bits per heavy atom. The van der Waals surface area contributed by atoms with E-state index in [0.717, 1.165) is 34.1 Å². The molecular formula is C35H45N3O5S. The minimum Gasteiger partial charge on any atom is -0.465 e. The van der Waals surface area contributed by atoms with E-state index in [1.807, 2.05) is 93.6 Å². The third-order valence-corrected chi connectivity index (χ3v) is 9.24. The van der Waals surface area contributed by atoms with Gasteiger partial charge in [-0.2, -0.15) is 0 Å². The molecule has 0 aromatic heterocycles. The molecule has 3 aromatic rings.